The molecule has 0 bridgehead atoms. The van der Waals surface area contributed by atoms with E-state index in [0.29, 0.717) is 12.0 Å². The van der Waals surface area contributed by atoms with Crippen LogP contribution < -0.4 is 16.4 Å². The van der Waals surface area contributed by atoms with Gasteiger partial charge >= 0.3 is 11.9 Å². The van der Waals surface area contributed by atoms with Gasteiger partial charge in [0.2, 0.25) is 11.8 Å². The van der Waals surface area contributed by atoms with E-state index in [0.717, 1.165) is 0 Å². The number of aliphatic carboxylic acids is 2. The molecule has 1 aromatic rings. The zero-order valence-corrected chi connectivity index (χ0v) is 17.0. The predicted octanol–water partition coefficient (Wildman–Crippen LogP) is 0.227. The molecular formula is C20H29N3O7. The van der Waals surface area contributed by atoms with Crippen LogP contribution in [0.1, 0.15) is 38.7 Å². The third-order valence-electron chi connectivity index (χ3n) is 4.83. The minimum absolute atomic E-state index is 0.0242. The maximum absolute atomic E-state index is 12.7. The first kappa shape index (κ1) is 24.9. The zero-order chi connectivity index (χ0) is 22.8. The number of phenolic OH excluding ortho intramolecular Hbond substituents is 1. The van der Waals surface area contributed by atoms with Crippen molar-refractivity contribution in [3.05, 3.63) is 29.8 Å². The highest BCUT2D eigenvalue weighted by Crippen LogP contribution is 2.13. The number of nitrogens with two attached hydrogens (primary N) is 1. The van der Waals surface area contributed by atoms with Crippen LogP contribution in [0.4, 0.5) is 0 Å². The van der Waals surface area contributed by atoms with Gasteiger partial charge in [0, 0.05) is 12.8 Å². The van der Waals surface area contributed by atoms with E-state index in [-0.39, 0.29) is 24.5 Å². The minimum Gasteiger partial charge on any atom is -0.508 e. The van der Waals surface area contributed by atoms with Gasteiger partial charge in [-0.25, -0.2) is 4.79 Å². The van der Waals surface area contributed by atoms with Gasteiger partial charge in [0.05, 0.1) is 6.04 Å². The average molecular weight is 423 g/mol. The topological polar surface area (TPSA) is 179 Å². The van der Waals surface area contributed by atoms with Crippen LogP contribution in [-0.4, -0.2) is 57.2 Å². The molecule has 1 aromatic carbocycles. The Labute approximate surface area is 174 Å². The van der Waals surface area contributed by atoms with E-state index in [1.54, 1.807) is 19.1 Å². The van der Waals surface area contributed by atoms with Gasteiger partial charge < -0.3 is 31.7 Å². The Hall–Kier alpha value is -3.14. The molecule has 0 aliphatic rings. The summed E-state index contributed by atoms with van der Waals surface area (Å²) in [4.78, 5) is 47.3. The summed E-state index contributed by atoms with van der Waals surface area (Å²) in [5, 5.41) is 32.3. The average Bonchev–Trinajstić information content (AvgIpc) is 2.70. The van der Waals surface area contributed by atoms with E-state index in [1.807, 2.05) is 6.92 Å². The molecule has 166 valence electrons. The third kappa shape index (κ3) is 8.08. The van der Waals surface area contributed by atoms with Gasteiger partial charge in [-0.15, -0.1) is 0 Å². The molecule has 10 nitrogen and oxygen atoms in total. The van der Waals surface area contributed by atoms with Gasteiger partial charge in [-0.1, -0.05) is 32.4 Å². The van der Waals surface area contributed by atoms with E-state index < -0.39 is 48.3 Å². The summed E-state index contributed by atoms with van der Waals surface area (Å²) in [5.74, 6) is -4.00. The minimum atomic E-state index is -1.42. The molecule has 0 heterocycles. The molecular weight excluding hydrogens is 394 g/mol. The van der Waals surface area contributed by atoms with E-state index in [9.17, 15) is 29.4 Å². The van der Waals surface area contributed by atoms with Crippen LogP contribution in [0.5, 0.6) is 5.75 Å². The standard InChI is InChI=1S/C20H29N3O7/c1-3-11(2)17(21)19(28)23-15(10-12-4-6-13(24)7-5-12)18(27)22-14(20(29)30)8-9-16(25)26/h4-7,11,14-15,17,24H,3,8-10,21H2,1-2H3,(H,22,27)(H,23,28)(H,25,26)(H,29,30). The number of carboxylic acids is 2. The van der Waals surface area contributed by atoms with Crippen molar-refractivity contribution in [2.75, 3.05) is 0 Å². The van der Waals surface area contributed by atoms with Crippen LogP contribution in [0, 0.1) is 5.92 Å². The Morgan fingerprint density at radius 1 is 1.00 bits per heavy atom. The summed E-state index contributed by atoms with van der Waals surface area (Å²) >= 11 is 0. The van der Waals surface area contributed by atoms with Crippen LogP contribution in [0.25, 0.3) is 0 Å². The zero-order valence-electron chi connectivity index (χ0n) is 17.0. The van der Waals surface area contributed by atoms with Gasteiger partial charge in [0.15, 0.2) is 0 Å². The number of carbonyl (C=O) groups excluding carboxylic acids is 2. The number of hydrogen-bond acceptors (Lipinski definition) is 6. The monoisotopic (exact) mass is 423 g/mol. The van der Waals surface area contributed by atoms with Crippen LogP contribution in [0.2, 0.25) is 0 Å². The van der Waals surface area contributed by atoms with E-state index >= 15 is 0 Å². The molecule has 0 saturated carbocycles. The first-order chi connectivity index (χ1) is 14.0. The Morgan fingerprint density at radius 2 is 1.57 bits per heavy atom. The largest absolute Gasteiger partial charge is 0.508 e. The highest BCUT2D eigenvalue weighted by molar-refractivity contribution is 5.92. The lowest BCUT2D eigenvalue weighted by atomic mass is 9.98. The number of phenols is 1. The molecule has 4 unspecified atom stereocenters. The lowest BCUT2D eigenvalue weighted by Crippen LogP contribution is -2.56. The second-order valence-corrected chi connectivity index (χ2v) is 7.17. The van der Waals surface area contributed by atoms with E-state index in [2.05, 4.69) is 10.6 Å². The summed E-state index contributed by atoms with van der Waals surface area (Å²) in [7, 11) is 0. The second kappa shape index (κ2) is 11.8. The summed E-state index contributed by atoms with van der Waals surface area (Å²) in [6.07, 6.45) is -0.0656. The predicted molar refractivity (Wildman–Crippen MR) is 108 cm³/mol. The summed E-state index contributed by atoms with van der Waals surface area (Å²) in [5.41, 5.74) is 6.54. The molecule has 0 aliphatic carbocycles. The van der Waals surface area contributed by atoms with Crippen LogP contribution >= 0.6 is 0 Å². The number of aromatic hydroxyl groups is 1. The van der Waals surface area contributed by atoms with Crippen molar-refractivity contribution in [3.8, 4) is 5.75 Å². The van der Waals surface area contributed by atoms with Crippen LogP contribution in [0.3, 0.4) is 0 Å². The molecule has 0 aliphatic heterocycles. The Balaban J connectivity index is 3.00. The number of carbonyl (C=O) groups is 4. The van der Waals surface area contributed by atoms with Crippen molar-refractivity contribution < 1.29 is 34.5 Å². The number of benzene rings is 1. The fraction of sp³-hybridized carbons (Fsp3) is 0.500. The number of hydrogen-bond donors (Lipinski definition) is 6. The van der Waals surface area contributed by atoms with E-state index in [4.69, 9.17) is 10.8 Å². The lowest BCUT2D eigenvalue weighted by molar-refractivity contribution is -0.143. The van der Waals surface area contributed by atoms with Gasteiger partial charge in [0.1, 0.15) is 17.8 Å². The summed E-state index contributed by atoms with van der Waals surface area (Å²) < 4.78 is 0. The number of rotatable bonds is 12. The molecule has 0 saturated heterocycles. The van der Waals surface area contributed by atoms with Crippen molar-refractivity contribution in [1.29, 1.82) is 0 Å². The van der Waals surface area contributed by atoms with Crippen molar-refractivity contribution in [2.24, 2.45) is 11.7 Å². The van der Waals surface area contributed by atoms with Crippen molar-refractivity contribution in [3.63, 3.8) is 0 Å². The second-order valence-electron chi connectivity index (χ2n) is 7.17. The molecule has 4 atom stereocenters. The Morgan fingerprint density at radius 3 is 2.07 bits per heavy atom. The van der Waals surface area contributed by atoms with Crippen molar-refractivity contribution in [2.45, 2.75) is 57.7 Å². The van der Waals surface area contributed by atoms with Crippen molar-refractivity contribution in [1.82, 2.24) is 10.6 Å². The maximum atomic E-state index is 12.7. The van der Waals surface area contributed by atoms with Crippen LogP contribution in [-0.2, 0) is 25.6 Å². The number of nitrogens with one attached hydrogen (secondary N) is 2. The Kier molecular flexibility index (Phi) is 9.76. The van der Waals surface area contributed by atoms with E-state index in [1.165, 1.54) is 12.1 Å². The lowest BCUT2D eigenvalue weighted by Gasteiger charge is -2.24. The SMILES string of the molecule is CCC(C)C(N)C(=O)NC(Cc1ccc(O)cc1)C(=O)NC(CCC(=O)O)C(=O)O. The molecule has 10 heteroatoms. The quantitative estimate of drug-likeness (QED) is 0.276. The fourth-order valence-electron chi connectivity index (χ4n) is 2.65. The highest BCUT2D eigenvalue weighted by Gasteiger charge is 2.29. The van der Waals surface area contributed by atoms with Gasteiger partial charge in [-0.2, -0.15) is 0 Å². The van der Waals surface area contributed by atoms with Crippen LogP contribution in [0.15, 0.2) is 24.3 Å². The first-order valence-corrected chi connectivity index (χ1v) is 9.64. The molecule has 0 spiro atoms. The normalized spacial score (nSPS) is 14.8. The molecule has 7 N–H and O–H groups in total. The number of amides is 2. The summed E-state index contributed by atoms with van der Waals surface area (Å²) in [6, 6.07) is 2.56. The smallest absolute Gasteiger partial charge is 0.326 e. The molecule has 0 fully saturated rings. The number of carboxylic acid groups (broad SMARTS) is 2. The summed E-state index contributed by atoms with van der Waals surface area (Å²) in [6.45, 7) is 3.67. The van der Waals surface area contributed by atoms with Gasteiger partial charge in [0.25, 0.3) is 0 Å². The van der Waals surface area contributed by atoms with Crippen molar-refractivity contribution >= 4 is 23.8 Å². The van der Waals surface area contributed by atoms with Gasteiger partial charge in [-0.05, 0) is 30.0 Å². The molecule has 0 radical (unpaired) electrons. The first-order valence-electron chi connectivity index (χ1n) is 9.64. The highest BCUT2D eigenvalue weighted by atomic mass is 16.4. The van der Waals surface area contributed by atoms with Gasteiger partial charge in [-0.3, -0.25) is 14.4 Å². The maximum Gasteiger partial charge on any atom is 0.326 e. The Bertz CT molecular complexity index is 751. The fourth-order valence-corrected chi connectivity index (χ4v) is 2.65. The molecule has 30 heavy (non-hydrogen) atoms. The molecule has 1 rings (SSSR count). The third-order valence-corrected chi connectivity index (χ3v) is 4.83. The molecule has 0 aromatic heterocycles. The molecule has 2 amide bonds.